The maximum atomic E-state index is 12.3. The number of methoxy groups -OCH3 is 1. The third-order valence-corrected chi connectivity index (χ3v) is 6.48. The number of carboxylic acids is 1. The summed E-state index contributed by atoms with van der Waals surface area (Å²) in [6, 6.07) is 2.49. The molecule has 7 nitrogen and oxygen atoms in total. The minimum absolute atomic E-state index is 0.155. The van der Waals surface area contributed by atoms with Gasteiger partial charge < -0.3 is 14.7 Å². The summed E-state index contributed by atoms with van der Waals surface area (Å²) in [5.74, 6) is 0.309. The Morgan fingerprint density at radius 3 is 2.77 bits per heavy atom. The average molecular weight is 360 g/mol. The van der Waals surface area contributed by atoms with E-state index in [4.69, 9.17) is 4.74 Å². The van der Waals surface area contributed by atoms with Crippen LogP contribution < -0.4 is 4.90 Å². The van der Waals surface area contributed by atoms with Gasteiger partial charge in [-0.2, -0.15) is 0 Å². The SMILES string of the molecule is COCc1cc(N2C[C@H]3CN(C4CCCCC4)C[C@@]3(C(=O)O)C2)ncn1. The first-order chi connectivity index (χ1) is 12.6. The lowest BCUT2D eigenvalue weighted by Crippen LogP contribution is -2.43. The van der Waals surface area contributed by atoms with E-state index in [1.807, 2.05) is 6.07 Å². The molecule has 0 amide bonds. The number of aromatic nitrogens is 2. The number of hydrogen-bond donors (Lipinski definition) is 1. The van der Waals surface area contributed by atoms with Crippen molar-refractivity contribution in [2.75, 3.05) is 38.2 Å². The monoisotopic (exact) mass is 360 g/mol. The molecule has 0 spiro atoms. The smallest absolute Gasteiger partial charge is 0.313 e. The van der Waals surface area contributed by atoms with Crippen LogP contribution in [0.4, 0.5) is 5.82 Å². The highest BCUT2D eigenvalue weighted by atomic mass is 16.5. The topological polar surface area (TPSA) is 78.8 Å². The lowest BCUT2D eigenvalue weighted by atomic mass is 9.81. The molecular weight excluding hydrogens is 332 g/mol. The van der Waals surface area contributed by atoms with Crippen molar-refractivity contribution >= 4 is 11.8 Å². The lowest BCUT2D eigenvalue weighted by Gasteiger charge is -2.33. The van der Waals surface area contributed by atoms with E-state index in [0.29, 0.717) is 25.7 Å². The number of hydrogen-bond acceptors (Lipinski definition) is 6. The van der Waals surface area contributed by atoms with Gasteiger partial charge >= 0.3 is 5.97 Å². The third kappa shape index (κ3) is 3.07. The highest BCUT2D eigenvalue weighted by molar-refractivity contribution is 5.78. The number of rotatable bonds is 5. The van der Waals surface area contributed by atoms with E-state index >= 15 is 0 Å². The molecule has 3 aliphatic rings. The van der Waals surface area contributed by atoms with Crippen LogP contribution in [-0.2, 0) is 16.1 Å². The summed E-state index contributed by atoms with van der Waals surface area (Å²) in [7, 11) is 1.64. The first kappa shape index (κ1) is 17.7. The number of carbonyl (C=O) groups is 1. The number of aliphatic carboxylic acids is 1. The summed E-state index contributed by atoms with van der Waals surface area (Å²) in [5.41, 5.74) is 0.145. The fourth-order valence-electron chi connectivity index (χ4n) is 5.09. The predicted octanol–water partition coefficient (Wildman–Crippen LogP) is 1.78. The number of fused-ring (bicyclic) bond motifs is 1. The first-order valence-corrected chi connectivity index (χ1v) is 9.64. The molecule has 4 rings (SSSR count). The van der Waals surface area contributed by atoms with Crippen LogP contribution >= 0.6 is 0 Å². The summed E-state index contributed by atoms with van der Waals surface area (Å²) < 4.78 is 5.15. The minimum Gasteiger partial charge on any atom is -0.481 e. The van der Waals surface area contributed by atoms with Crippen molar-refractivity contribution in [3.63, 3.8) is 0 Å². The first-order valence-electron chi connectivity index (χ1n) is 9.64. The molecular formula is C19H28N4O3. The normalized spacial score (nSPS) is 29.9. The van der Waals surface area contributed by atoms with E-state index in [9.17, 15) is 9.90 Å². The molecule has 0 bridgehead atoms. The largest absolute Gasteiger partial charge is 0.481 e. The number of anilines is 1. The van der Waals surface area contributed by atoms with Crippen LogP contribution in [0.15, 0.2) is 12.4 Å². The van der Waals surface area contributed by atoms with E-state index in [-0.39, 0.29) is 5.92 Å². The molecule has 2 atom stereocenters. The van der Waals surface area contributed by atoms with Crippen LogP contribution in [0.3, 0.4) is 0 Å². The summed E-state index contributed by atoms with van der Waals surface area (Å²) in [5, 5.41) is 10.1. The van der Waals surface area contributed by atoms with Crippen molar-refractivity contribution in [2.45, 2.75) is 44.8 Å². The number of nitrogens with zero attached hydrogens (tertiary/aromatic N) is 4. The van der Waals surface area contributed by atoms with Crippen molar-refractivity contribution < 1.29 is 14.6 Å². The average Bonchev–Trinajstić information content (AvgIpc) is 3.19. The van der Waals surface area contributed by atoms with Crippen molar-refractivity contribution in [1.29, 1.82) is 0 Å². The predicted molar refractivity (Wildman–Crippen MR) is 97.0 cm³/mol. The van der Waals surface area contributed by atoms with Crippen LogP contribution in [0, 0.1) is 11.3 Å². The van der Waals surface area contributed by atoms with Gasteiger partial charge in [0.1, 0.15) is 17.6 Å². The second-order valence-electron chi connectivity index (χ2n) is 8.06. The van der Waals surface area contributed by atoms with Gasteiger partial charge in [-0.25, -0.2) is 9.97 Å². The van der Waals surface area contributed by atoms with Gasteiger partial charge in [0, 0.05) is 51.3 Å². The molecule has 1 aromatic rings. The highest BCUT2D eigenvalue weighted by Gasteiger charge is 2.58. The second kappa shape index (κ2) is 7.12. The maximum absolute atomic E-state index is 12.3. The molecule has 26 heavy (non-hydrogen) atoms. The molecule has 1 saturated carbocycles. The van der Waals surface area contributed by atoms with Crippen LogP contribution in [0.25, 0.3) is 0 Å². The highest BCUT2D eigenvalue weighted by Crippen LogP contribution is 2.45. The van der Waals surface area contributed by atoms with Crippen LogP contribution in [-0.4, -0.2) is 65.3 Å². The molecule has 1 N–H and O–H groups in total. The maximum Gasteiger partial charge on any atom is 0.313 e. The quantitative estimate of drug-likeness (QED) is 0.857. The Labute approximate surface area is 154 Å². The van der Waals surface area contributed by atoms with Crippen LogP contribution in [0.2, 0.25) is 0 Å². The van der Waals surface area contributed by atoms with Crippen molar-refractivity contribution in [3.05, 3.63) is 18.1 Å². The summed E-state index contributed by atoms with van der Waals surface area (Å²) in [6.45, 7) is 3.28. The van der Waals surface area contributed by atoms with Gasteiger partial charge in [0.15, 0.2) is 0 Å². The van der Waals surface area contributed by atoms with Crippen LogP contribution in [0.1, 0.15) is 37.8 Å². The molecule has 142 valence electrons. The summed E-state index contributed by atoms with van der Waals surface area (Å²) >= 11 is 0. The van der Waals surface area contributed by atoms with Gasteiger partial charge in [-0.05, 0) is 12.8 Å². The van der Waals surface area contributed by atoms with Gasteiger partial charge in [0.25, 0.3) is 0 Å². The molecule has 0 aromatic carbocycles. The summed E-state index contributed by atoms with van der Waals surface area (Å²) in [4.78, 5) is 25.5. The van der Waals surface area contributed by atoms with Crippen LogP contribution in [0.5, 0.6) is 0 Å². The molecule has 3 fully saturated rings. The molecule has 0 unspecified atom stereocenters. The van der Waals surface area contributed by atoms with Gasteiger partial charge in [-0.3, -0.25) is 9.69 Å². The second-order valence-corrected chi connectivity index (χ2v) is 8.06. The fourth-order valence-corrected chi connectivity index (χ4v) is 5.09. The number of ether oxygens (including phenoxy) is 1. The standard InChI is InChI=1S/C19H28N4O3/c1-26-10-15-7-17(21-13-20-15)23-9-14-8-22(16-5-3-2-4-6-16)11-19(14,12-23)18(24)25/h7,13-14,16H,2-6,8-12H2,1H3,(H,24,25)/t14-,19-/m1/s1. The minimum atomic E-state index is -0.677. The van der Waals surface area contributed by atoms with Crippen molar-refractivity contribution in [3.8, 4) is 0 Å². The Morgan fingerprint density at radius 1 is 1.27 bits per heavy atom. The van der Waals surface area contributed by atoms with E-state index in [0.717, 1.165) is 24.6 Å². The van der Waals surface area contributed by atoms with Gasteiger partial charge in [-0.15, -0.1) is 0 Å². The Balaban J connectivity index is 1.51. The number of carboxylic acid groups (broad SMARTS) is 1. The van der Waals surface area contributed by atoms with Crippen molar-refractivity contribution in [2.24, 2.45) is 11.3 Å². The van der Waals surface area contributed by atoms with E-state index < -0.39 is 11.4 Å². The molecule has 1 aliphatic carbocycles. The van der Waals surface area contributed by atoms with E-state index in [1.165, 1.54) is 32.1 Å². The molecule has 0 radical (unpaired) electrons. The van der Waals surface area contributed by atoms with E-state index in [2.05, 4.69) is 19.8 Å². The molecule has 2 saturated heterocycles. The zero-order chi connectivity index (χ0) is 18.1. The van der Waals surface area contributed by atoms with E-state index in [1.54, 1.807) is 13.4 Å². The molecule has 2 aliphatic heterocycles. The Morgan fingerprint density at radius 2 is 2.08 bits per heavy atom. The zero-order valence-electron chi connectivity index (χ0n) is 15.4. The fraction of sp³-hybridized carbons (Fsp3) is 0.737. The summed E-state index contributed by atoms with van der Waals surface area (Å²) in [6.07, 6.45) is 7.86. The van der Waals surface area contributed by atoms with Gasteiger partial charge in [0.05, 0.1) is 12.3 Å². The Kier molecular flexibility index (Phi) is 4.84. The van der Waals surface area contributed by atoms with Gasteiger partial charge in [0.2, 0.25) is 0 Å². The molecule has 7 heteroatoms. The zero-order valence-corrected chi connectivity index (χ0v) is 15.4. The lowest BCUT2D eigenvalue weighted by molar-refractivity contribution is -0.148. The molecule has 3 heterocycles. The molecule has 1 aromatic heterocycles. The van der Waals surface area contributed by atoms with Crippen molar-refractivity contribution in [1.82, 2.24) is 14.9 Å². The van der Waals surface area contributed by atoms with Gasteiger partial charge in [-0.1, -0.05) is 19.3 Å². The Bertz CT molecular complexity index is 664. The Hall–Kier alpha value is -1.73. The third-order valence-electron chi connectivity index (χ3n) is 6.48. The number of likely N-dealkylation sites (tertiary alicyclic amines) is 1.